The highest BCUT2D eigenvalue weighted by Gasteiger charge is 2.17. The van der Waals surface area contributed by atoms with E-state index in [0.29, 0.717) is 16.1 Å². The molecule has 0 aliphatic heterocycles. The molecule has 0 aliphatic rings. The van der Waals surface area contributed by atoms with Gasteiger partial charge in [-0.1, -0.05) is 31.0 Å². The van der Waals surface area contributed by atoms with E-state index in [1.165, 1.54) is 18.3 Å². The van der Waals surface area contributed by atoms with Gasteiger partial charge in [0.15, 0.2) is 0 Å². The van der Waals surface area contributed by atoms with E-state index in [0.717, 1.165) is 18.2 Å². The zero-order valence-electron chi connectivity index (χ0n) is 13.5. The third-order valence-corrected chi connectivity index (χ3v) is 5.19. The number of aryl methyl sites for hydroxylation is 1. The first-order valence-electron chi connectivity index (χ1n) is 7.55. The summed E-state index contributed by atoms with van der Waals surface area (Å²) in [5, 5.41) is 1.82. The maximum atomic E-state index is 12.3. The van der Waals surface area contributed by atoms with Crippen LogP contribution in [0.25, 0.3) is 10.8 Å². The van der Waals surface area contributed by atoms with Gasteiger partial charge >= 0.3 is 5.97 Å². The lowest BCUT2D eigenvalue weighted by Gasteiger charge is -2.09. The van der Waals surface area contributed by atoms with Crippen LogP contribution in [0.5, 0.6) is 0 Å². The number of esters is 1. The summed E-state index contributed by atoms with van der Waals surface area (Å²) in [6, 6.07) is 4.56. The Morgan fingerprint density at radius 2 is 2.08 bits per heavy atom. The van der Waals surface area contributed by atoms with Gasteiger partial charge < -0.3 is 4.74 Å². The topological polar surface area (TPSA) is 85.4 Å². The van der Waals surface area contributed by atoms with Gasteiger partial charge in [0.25, 0.3) is 0 Å². The van der Waals surface area contributed by atoms with Crippen LogP contribution in [0.4, 0.5) is 0 Å². The zero-order valence-corrected chi connectivity index (χ0v) is 15.1. The van der Waals surface area contributed by atoms with Crippen molar-refractivity contribution in [2.24, 2.45) is 0 Å². The number of rotatable bonds is 7. The number of aromatic nitrogens is 1. The molecule has 0 fully saturated rings. The molecule has 1 aromatic carbocycles. The minimum Gasteiger partial charge on any atom is -0.465 e. The van der Waals surface area contributed by atoms with E-state index in [1.54, 1.807) is 13.0 Å². The molecule has 0 amide bonds. The first kappa shape index (κ1) is 18.6. The van der Waals surface area contributed by atoms with Crippen molar-refractivity contribution in [3.05, 3.63) is 35.1 Å². The first-order valence-corrected chi connectivity index (χ1v) is 9.41. The summed E-state index contributed by atoms with van der Waals surface area (Å²) in [5.41, 5.74) is 0.672. The molecule has 6 nitrogen and oxygen atoms in total. The van der Waals surface area contributed by atoms with Crippen molar-refractivity contribution in [2.45, 2.75) is 31.6 Å². The first-order chi connectivity index (χ1) is 11.3. The summed E-state index contributed by atoms with van der Waals surface area (Å²) in [7, 11) is -3.83. The fourth-order valence-corrected chi connectivity index (χ4v) is 3.32. The number of halogens is 1. The average Bonchev–Trinajstić information content (AvgIpc) is 2.56. The Balaban J connectivity index is 2.16. The Hall–Kier alpha value is -1.70. The third kappa shape index (κ3) is 4.43. The summed E-state index contributed by atoms with van der Waals surface area (Å²) in [4.78, 5) is 15.7. The van der Waals surface area contributed by atoms with Gasteiger partial charge in [0.2, 0.25) is 10.0 Å². The number of pyridine rings is 1. The van der Waals surface area contributed by atoms with E-state index in [1.807, 2.05) is 6.92 Å². The highest BCUT2D eigenvalue weighted by Crippen LogP contribution is 2.26. The number of ether oxygens (including phenoxy) is 1. The van der Waals surface area contributed by atoms with E-state index < -0.39 is 22.5 Å². The van der Waals surface area contributed by atoms with Crippen LogP contribution in [0.1, 0.15) is 25.5 Å². The molecule has 0 atom stereocenters. The van der Waals surface area contributed by atoms with Crippen molar-refractivity contribution in [1.29, 1.82) is 0 Å². The van der Waals surface area contributed by atoms with Crippen LogP contribution in [0.15, 0.2) is 29.3 Å². The lowest BCUT2D eigenvalue weighted by Crippen LogP contribution is -2.30. The van der Waals surface area contributed by atoms with E-state index in [4.69, 9.17) is 16.3 Å². The van der Waals surface area contributed by atoms with Gasteiger partial charge in [-0.15, -0.1) is 0 Å². The van der Waals surface area contributed by atoms with Crippen LogP contribution in [0.2, 0.25) is 5.02 Å². The van der Waals surface area contributed by atoms with Gasteiger partial charge in [0.1, 0.15) is 6.54 Å². The Bertz CT molecular complexity index is 853. The van der Waals surface area contributed by atoms with Gasteiger partial charge in [-0.2, -0.15) is 4.72 Å². The van der Waals surface area contributed by atoms with E-state index in [-0.39, 0.29) is 11.5 Å². The normalized spacial score (nSPS) is 11.6. The van der Waals surface area contributed by atoms with Crippen LogP contribution in [-0.2, 0) is 19.6 Å². The number of nitrogens with one attached hydrogen (secondary N) is 1. The smallest absolute Gasteiger partial charge is 0.321 e. The predicted octanol–water partition coefficient (Wildman–Crippen LogP) is 2.82. The number of hydrogen-bond donors (Lipinski definition) is 1. The molecule has 24 heavy (non-hydrogen) atoms. The highest BCUT2D eigenvalue weighted by molar-refractivity contribution is 7.89. The summed E-state index contributed by atoms with van der Waals surface area (Å²) < 4.78 is 31.8. The minimum atomic E-state index is -3.83. The fraction of sp³-hybridized carbons (Fsp3) is 0.375. The highest BCUT2D eigenvalue weighted by atomic mass is 35.5. The summed E-state index contributed by atoms with van der Waals surface area (Å²) >= 11 is 6.07. The second-order valence-electron chi connectivity index (χ2n) is 5.30. The molecule has 0 aliphatic carbocycles. The van der Waals surface area contributed by atoms with Crippen LogP contribution >= 0.6 is 11.6 Å². The van der Waals surface area contributed by atoms with E-state index >= 15 is 0 Å². The second kappa shape index (κ2) is 7.92. The molecule has 1 heterocycles. The molecule has 1 aromatic heterocycles. The lowest BCUT2D eigenvalue weighted by molar-refractivity contribution is -0.142. The van der Waals surface area contributed by atoms with Gasteiger partial charge in [-0.05, 0) is 25.5 Å². The van der Waals surface area contributed by atoms with Crippen molar-refractivity contribution >= 4 is 38.4 Å². The number of benzene rings is 1. The molecule has 2 rings (SSSR count). The maximum Gasteiger partial charge on any atom is 0.321 e. The van der Waals surface area contributed by atoms with Crippen LogP contribution in [-0.4, -0.2) is 32.5 Å². The predicted molar refractivity (Wildman–Crippen MR) is 92.5 cm³/mol. The Kier molecular flexibility index (Phi) is 6.15. The molecular weight excluding hydrogens is 352 g/mol. The Morgan fingerprint density at radius 1 is 1.33 bits per heavy atom. The molecule has 0 unspecified atom stereocenters. The van der Waals surface area contributed by atoms with Crippen molar-refractivity contribution in [1.82, 2.24) is 9.71 Å². The van der Waals surface area contributed by atoms with Gasteiger partial charge in [0.05, 0.1) is 16.5 Å². The quantitative estimate of drug-likeness (QED) is 0.598. The number of nitrogens with zero attached hydrogens (tertiary/aromatic N) is 1. The number of hydrogen-bond acceptors (Lipinski definition) is 5. The van der Waals surface area contributed by atoms with Crippen molar-refractivity contribution < 1.29 is 17.9 Å². The minimum absolute atomic E-state index is 0.0449. The second-order valence-corrected chi connectivity index (χ2v) is 7.47. The van der Waals surface area contributed by atoms with Crippen molar-refractivity contribution in [3.63, 3.8) is 0 Å². The fourth-order valence-electron chi connectivity index (χ4n) is 2.11. The number of unbranched alkanes of at least 4 members (excludes halogenated alkanes) is 1. The SMILES string of the molecule is CCCCOC(=O)CNS(=O)(=O)c1ccc2c(Cl)cnc(C)c2c1. The van der Waals surface area contributed by atoms with Gasteiger partial charge in [0, 0.05) is 22.7 Å². The molecule has 0 bridgehead atoms. The molecule has 2 aromatic rings. The molecule has 130 valence electrons. The molecular formula is C16H19ClN2O4S. The Morgan fingerprint density at radius 3 is 2.79 bits per heavy atom. The largest absolute Gasteiger partial charge is 0.465 e. The monoisotopic (exact) mass is 370 g/mol. The van der Waals surface area contributed by atoms with Gasteiger partial charge in [-0.25, -0.2) is 8.42 Å². The maximum absolute atomic E-state index is 12.3. The van der Waals surface area contributed by atoms with Crippen LogP contribution in [0.3, 0.4) is 0 Å². The van der Waals surface area contributed by atoms with Crippen molar-refractivity contribution in [3.8, 4) is 0 Å². The summed E-state index contributed by atoms with van der Waals surface area (Å²) in [5.74, 6) is -0.603. The van der Waals surface area contributed by atoms with Crippen LogP contribution < -0.4 is 4.72 Å². The van der Waals surface area contributed by atoms with Crippen molar-refractivity contribution in [2.75, 3.05) is 13.2 Å². The molecule has 8 heteroatoms. The summed E-state index contributed by atoms with van der Waals surface area (Å²) in [6.45, 7) is 3.63. The summed E-state index contributed by atoms with van der Waals surface area (Å²) in [6.07, 6.45) is 3.17. The number of fused-ring (bicyclic) bond motifs is 1. The number of sulfonamides is 1. The zero-order chi connectivity index (χ0) is 17.7. The molecule has 0 saturated heterocycles. The molecule has 0 spiro atoms. The average molecular weight is 371 g/mol. The number of carbonyl (C=O) groups is 1. The van der Waals surface area contributed by atoms with Gasteiger partial charge in [-0.3, -0.25) is 9.78 Å². The lowest BCUT2D eigenvalue weighted by atomic mass is 10.1. The molecule has 1 N–H and O–H groups in total. The third-order valence-electron chi connectivity index (χ3n) is 3.49. The Labute approximate surface area is 146 Å². The number of carbonyl (C=O) groups excluding carboxylic acids is 1. The van der Waals surface area contributed by atoms with E-state index in [2.05, 4.69) is 9.71 Å². The van der Waals surface area contributed by atoms with Crippen LogP contribution in [0, 0.1) is 6.92 Å². The van der Waals surface area contributed by atoms with E-state index in [9.17, 15) is 13.2 Å². The molecule has 0 radical (unpaired) electrons. The molecule has 0 saturated carbocycles. The standard InChI is InChI=1S/C16H19ClN2O4S/c1-3-4-7-23-16(20)10-19-24(21,22)12-5-6-13-14(8-12)11(2)18-9-15(13)17/h5-6,8-9,19H,3-4,7,10H2,1-2H3.